The summed E-state index contributed by atoms with van der Waals surface area (Å²) >= 11 is 3.13. The van der Waals surface area contributed by atoms with E-state index in [1.165, 1.54) is 31.0 Å². The SMILES string of the molecule is C[C@@H]1CCCC[C@@H]1NC(=O)CSc1nc(-c2ccccc2)cs1. The fraction of sp³-hybridized carbons (Fsp3) is 0.444. The van der Waals surface area contributed by atoms with Gasteiger partial charge in [0.05, 0.1) is 11.4 Å². The third-order valence-electron chi connectivity index (χ3n) is 4.34. The molecular weight excluding hydrogens is 324 g/mol. The summed E-state index contributed by atoms with van der Waals surface area (Å²) in [5.74, 6) is 1.18. The second kappa shape index (κ2) is 7.97. The number of nitrogens with one attached hydrogen (secondary N) is 1. The number of nitrogens with zero attached hydrogens (tertiary/aromatic N) is 1. The lowest BCUT2D eigenvalue weighted by Crippen LogP contribution is -2.41. The first-order valence-corrected chi connectivity index (χ1v) is 10.0. The number of rotatable bonds is 5. The molecule has 0 saturated heterocycles. The van der Waals surface area contributed by atoms with Gasteiger partial charge in [-0.15, -0.1) is 11.3 Å². The summed E-state index contributed by atoms with van der Waals surface area (Å²) in [5.41, 5.74) is 2.11. The summed E-state index contributed by atoms with van der Waals surface area (Å²) in [5, 5.41) is 5.25. The first-order valence-electron chi connectivity index (χ1n) is 8.15. The summed E-state index contributed by atoms with van der Waals surface area (Å²) in [4.78, 5) is 16.8. The van der Waals surface area contributed by atoms with Gasteiger partial charge in [0.25, 0.3) is 0 Å². The summed E-state index contributed by atoms with van der Waals surface area (Å²) in [6.07, 6.45) is 4.87. The van der Waals surface area contributed by atoms with Crippen molar-refractivity contribution in [3.8, 4) is 11.3 Å². The number of thiazole rings is 1. The molecule has 3 rings (SSSR count). The molecule has 1 aromatic carbocycles. The van der Waals surface area contributed by atoms with Crippen LogP contribution in [0.25, 0.3) is 11.3 Å². The molecule has 1 fully saturated rings. The Morgan fingerprint density at radius 2 is 2.09 bits per heavy atom. The van der Waals surface area contributed by atoms with Crippen LogP contribution < -0.4 is 5.32 Å². The van der Waals surface area contributed by atoms with Crippen molar-refractivity contribution < 1.29 is 4.79 Å². The van der Waals surface area contributed by atoms with Crippen molar-refractivity contribution in [2.24, 2.45) is 5.92 Å². The minimum atomic E-state index is 0.130. The van der Waals surface area contributed by atoms with Gasteiger partial charge in [-0.3, -0.25) is 4.79 Å². The van der Waals surface area contributed by atoms with E-state index >= 15 is 0 Å². The fourth-order valence-electron chi connectivity index (χ4n) is 2.97. The second-order valence-corrected chi connectivity index (χ2v) is 8.17. The number of thioether (sulfide) groups is 1. The van der Waals surface area contributed by atoms with Gasteiger partial charge < -0.3 is 5.32 Å². The average molecular weight is 347 g/mol. The van der Waals surface area contributed by atoms with Gasteiger partial charge in [-0.25, -0.2) is 4.98 Å². The molecule has 1 aliphatic carbocycles. The second-order valence-electron chi connectivity index (χ2n) is 6.09. The van der Waals surface area contributed by atoms with Crippen LogP contribution in [-0.4, -0.2) is 22.7 Å². The lowest BCUT2D eigenvalue weighted by atomic mass is 9.86. The first-order chi connectivity index (χ1) is 11.2. The molecule has 2 atom stereocenters. The Labute approximate surface area is 145 Å². The molecule has 1 N–H and O–H groups in total. The number of carbonyl (C=O) groups is 1. The highest BCUT2D eigenvalue weighted by Gasteiger charge is 2.22. The molecule has 0 bridgehead atoms. The van der Waals surface area contributed by atoms with Gasteiger partial charge in [-0.2, -0.15) is 0 Å². The number of carbonyl (C=O) groups excluding carboxylic acids is 1. The van der Waals surface area contributed by atoms with E-state index in [4.69, 9.17) is 0 Å². The molecule has 0 aliphatic heterocycles. The predicted octanol–water partition coefficient (Wildman–Crippen LogP) is 4.60. The Morgan fingerprint density at radius 1 is 1.30 bits per heavy atom. The monoisotopic (exact) mass is 346 g/mol. The van der Waals surface area contributed by atoms with Crippen molar-refractivity contribution in [1.29, 1.82) is 0 Å². The average Bonchev–Trinajstić information content (AvgIpc) is 3.05. The Hall–Kier alpha value is -1.33. The third-order valence-corrected chi connectivity index (χ3v) is 6.36. The molecule has 1 heterocycles. The standard InChI is InChI=1S/C18H22N2OS2/c1-13-7-5-6-10-15(13)19-17(21)12-23-18-20-16(11-22-18)14-8-3-2-4-9-14/h2-4,8-9,11,13,15H,5-7,10,12H2,1H3,(H,19,21)/t13-,15+/m1/s1. The lowest BCUT2D eigenvalue weighted by Gasteiger charge is -2.29. The van der Waals surface area contributed by atoms with Crippen LogP contribution in [0, 0.1) is 5.92 Å². The van der Waals surface area contributed by atoms with E-state index in [0.29, 0.717) is 17.7 Å². The predicted molar refractivity (Wildman–Crippen MR) is 97.8 cm³/mol. The van der Waals surface area contributed by atoms with Crippen LogP contribution in [0.2, 0.25) is 0 Å². The summed E-state index contributed by atoms with van der Waals surface area (Å²) in [7, 11) is 0. The van der Waals surface area contributed by atoms with Gasteiger partial charge in [-0.1, -0.05) is 61.9 Å². The summed E-state index contributed by atoms with van der Waals surface area (Å²) in [6.45, 7) is 2.24. The van der Waals surface area contributed by atoms with Gasteiger partial charge in [0.1, 0.15) is 0 Å². The van der Waals surface area contributed by atoms with Gasteiger partial charge in [0.15, 0.2) is 4.34 Å². The molecule has 5 heteroatoms. The van der Waals surface area contributed by atoms with Crippen LogP contribution >= 0.6 is 23.1 Å². The van der Waals surface area contributed by atoms with Gasteiger partial charge in [-0.05, 0) is 18.8 Å². The zero-order valence-electron chi connectivity index (χ0n) is 13.3. The summed E-state index contributed by atoms with van der Waals surface area (Å²) in [6, 6.07) is 10.5. The molecule has 122 valence electrons. The van der Waals surface area contributed by atoms with E-state index in [-0.39, 0.29) is 5.91 Å². The maximum atomic E-state index is 12.2. The van der Waals surface area contributed by atoms with Crippen molar-refractivity contribution in [2.75, 3.05) is 5.75 Å². The molecule has 3 nitrogen and oxygen atoms in total. The minimum Gasteiger partial charge on any atom is -0.352 e. The zero-order valence-corrected chi connectivity index (χ0v) is 15.0. The molecule has 1 aliphatic rings. The maximum Gasteiger partial charge on any atom is 0.230 e. The largest absolute Gasteiger partial charge is 0.352 e. The van der Waals surface area contributed by atoms with E-state index in [9.17, 15) is 4.79 Å². The highest BCUT2D eigenvalue weighted by molar-refractivity contribution is 8.01. The number of amides is 1. The van der Waals surface area contributed by atoms with Crippen LogP contribution in [0.1, 0.15) is 32.6 Å². The van der Waals surface area contributed by atoms with Crippen LogP contribution in [0.5, 0.6) is 0 Å². The third kappa shape index (κ3) is 4.58. The molecule has 2 aromatic rings. The molecule has 0 spiro atoms. The van der Waals surface area contributed by atoms with E-state index in [0.717, 1.165) is 22.0 Å². The van der Waals surface area contributed by atoms with Crippen molar-refractivity contribution in [3.05, 3.63) is 35.7 Å². The molecule has 0 radical (unpaired) electrons. The van der Waals surface area contributed by atoms with E-state index in [1.807, 2.05) is 18.2 Å². The van der Waals surface area contributed by atoms with E-state index in [2.05, 4.69) is 34.7 Å². The number of hydrogen-bond donors (Lipinski definition) is 1. The van der Waals surface area contributed by atoms with E-state index < -0.39 is 0 Å². The van der Waals surface area contributed by atoms with Crippen LogP contribution in [-0.2, 0) is 4.79 Å². The van der Waals surface area contributed by atoms with Crippen LogP contribution in [0.3, 0.4) is 0 Å². The normalized spacial score (nSPS) is 21.1. The molecule has 23 heavy (non-hydrogen) atoms. The van der Waals surface area contributed by atoms with Crippen molar-refractivity contribution in [2.45, 2.75) is 43.0 Å². The maximum absolute atomic E-state index is 12.2. The van der Waals surface area contributed by atoms with Crippen molar-refractivity contribution in [3.63, 3.8) is 0 Å². The highest BCUT2D eigenvalue weighted by atomic mass is 32.2. The first kappa shape index (κ1) is 16.5. The van der Waals surface area contributed by atoms with Crippen LogP contribution in [0.15, 0.2) is 40.1 Å². The van der Waals surface area contributed by atoms with Crippen LogP contribution in [0.4, 0.5) is 0 Å². The Kier molecular flexibility index (Phi) is 5.73. The quantitative estimate of drug-likeness (QED) is 0.805. The molecule has 0 unspecified atom stereocenters. The van der Waals surface area contributed by atoms with Gasteiger partial charge in [0.2, 0.25) is 5.91 Å². The van der Waals surface area contributed by atoms with Crippen molar-refractivity contribution >= 4 is 29.0 Å². The number of aromatic nitrogens is 1. The highest BCUT2D eigenvalue weighted by Crippen LogP contribution is 2.28. The Morgan fingerprint density at radius 3 is 2.87 bits per heavy atom. The fourth-order valence-corrected chi connectivity index (χ4v) is 4.62. The Balaban J connectivity index is 1.50. The number of hydrogen-bond acceptors (Lipinski definition) is 4. The van der Waals surface area contributed by atoms with Crippen molar-refractivity contribution in [1.82, 2.24) is 10.3 Å². The topological polar surface area (TPSA) is 42.0 Å². The van der Waals surface area contributed by atoms with E-state index in [1.54, 1.807) is 11.3 Å². The summed E-state index contributed by atoms with van der Waals surface area (Å²) < 4.78 is 0.954. The molecule has 1 amide bonds. The number of benzene rings is 1. The molecule has 1 saturated carbocycles. The minimum absolute atomic E-state index is 0.130. The smallest absolute Gasteiger partial charge is 0.230 e. The zero-order chi connectivity index (χ0) is 16.1. The lowest BCUT2D eigenvalue weighted by molar-refractivity contribution is -0.119. The van der Waals surface area contributed by atoms with Gasteiger partial charge in [0, 0.05) is 17.0 Å². The van der Waals surface area contributed by atoms with Gasteiger partial charge >= 0.3 is 0 Å². The molecular formula is C18H22N2OS2. The molecule has 1 aromatic heterocycles. The Bertz CT molecular complexity index is 641.